The Balaban J connectivity index is 0.00000312. The number of fused-ring (bicyclic) bond motifs is 1. The summed E-state index contributed by atoms with van der Waals surface area (Å²) in [6.45, 7) is 7.35. The summed E-state index contributed by atoms with van der Waals surface area (Å²) < 4.78 is 1.90. The first-order chi connectivity index (χ1) is 11.5. The van der Waals surface area contributed by atoms with Gasteiger partial charge in [0.2, 0.25) is 5.91 Å². The van der Waals surface area contributed by atoms with Gasteiger partial charge < -0.3 is 16.0 Å². The van der Waals surface area contributed by atoms with Crippen LogP contribution < -0.4 is 16.0 Å². The van der Waals surface area contributed by atoms with Gasteiger partial charge in [0.15, 0.2) is 17.4 Å². The van der Waals surface area contributed by atoms with Crippen molar-refractivity contribution >= 4 is 41.5 Å². The zero-order valence-corrected chi connectivity index (χ0v) is 17.4. The van der Waals surface area contributed by atoms with Crippen molar-refractivity contribution in [3.63, 3.8) is 0 Å². The van der Waals surface area contributed by atoms with Gasteiger partial charge in [-0.15, -0.1) is 34.2 Å². The number of guanidine groups is 1. The Labute approximate surface area is 164 Å². The summed E-state index contributed by atoms with van der Waals surface area (Å²) in [6.07, 6.45) is 1.91. The first-order valence-electron chi connectivity index (χ1n) is 8.01. The van der Waals surface area contributed by atoms with E-state index in [9.17, 15) is 4.79 Å². The summed E-state index contributed by atoms with van der Waals surface area (Å²) in [5, 5.41) is 17.3. The van der Waals surface area contributed by atoms with Gasteiger partial charge in [0, 0.05) is 26.3 Å². The third-order valence-electron chi connectivity index (χ3n) is 3.65. The molecule has 0 saturated carbocycles. The first kappa shape index (κ1) is 21.1. The van der Waals surface area contributed by atoms with Gasteiger partial charge in [-0.1, -0.05) is 6.07 Å². The summed E-state index contributed by atoms with van der Waals surface area (Å²) in [4.78, 5) is 16.4. The Kier molecular flexibility index (Phi) is 8.07. The van der Waals surface area contributed by atoms with E-state index in [0.29, 0.717) is 19.0 Å². The molecule has 0 spiro atoms. The van der Waals surface area contributed by atoms with E-state index in [1.807, 2.05) is 49.6 Å². The fourth-order valence-electron chi connectivity index (χ4n) is 2.21. The number of aromatic nitrogens is 3. The Morgan fingerprint density at radius 1 is 1.28 bits per heavy atom. The smallest absolute Gasteiger partial charge is 0.227 e. The van der Waals surface area contributed by atoms with Crippen molar-refractivity contribution in [2.45, 2.75) is 27.3 Å². The average molecular weight is 459 g/mol. The second-order valence-electron chi connectivity index (χ2n) is 6.06. The number of pyridine rings is 1. The number of nitrogens with zero attached hydrogens (tertiary/aromatic N) is 4. The van der Waals surface area contributed by atoms with Gasteiger partial charge in [-0.3, -0.25) is 9.20 Å². The molecule has 2 aromatic rings. The van der Waals surface area contributed by atoms with Crippen molar-refractivity contribution in [1.82, 2.24) is 30.5 Å². The van der Waals surface area contributed by atoms with Crippen molar-refractivity contribution < 1.29 is 4.79 Å². The number of aliphatic imine (C=N–C) groups is 1. The largest absolute Gasteiger partial charge is 0.359 e. The molecular formula is C16H26IN7O. The summed E-state index contributed by atoms with van der Waals surface area (Å²) in [5.41, 5.74) is 0.258. The predicted octanol–water partition coefficient (Wildman–Crippen LogP) is 1.17. The lowest BCUT2D eigenvalue weighted by atomic mass is 9.92. The molecule has 0 unspecified atom stereocenters. The number of nitrogens with one attached hydrogen (secondary N) is 3. The highest BCUT2D eigenvalue weighted by Gasteiger charge is 2.26. The molecule has 2 rings (SSSR count). The average Bonchev–Trinajstić information content (AvgIpc) is 3.00. The molecule has 25 heavy (non-hydrogen) atoms. The van der Waals surface area contributed by atoms with Crippen LogP contribution >= 0.6 is 24.0 Å². The third kappa shape index (κ3) is 5.55. The molecule has 0 fully saturated rings. The summed E-state index contributed by atoms with van der Waals surface area (Å²) in [6, 6.07) is 5.75. The van der Waals surface area contributed by atoms with E-state index in [0.717, 1.165) is 18.0 Å². The summed E-state index contributed by atoms with van der Waals surface area (Å²) in [5.74, 6) is 1.38. The normalized spacial score (nSPS) is 11.8. The third-order valence-corrected chi connectivity index (χ3v) is 3.65. The fraction of sp³-hybridized carbons (Fsp3) is 0.500. The molecule has 0 aromatic carbocycles. The second kappa shape index (κ2) is 9.54. The molecule has 8 nitrogen and oxygen atoms in total. The maximum atomic E-state index is 11.9. The van der Waals surface area contributed by atoms with Crippen LogP contribution in [0.1, 0.15) is 26.6 Å². The summed E-state index contributed by atoms with van der Waals surface area (Å²) in [7, 11) is 1.64. The van der Waals surface area contributed by atoms with Gasteiger partial charge in [-0.05, 0) is 32.9 Å². The van der Waals surface area contributed by atoms with Crippen LogP contribution in [-0.2, 0) is 11.3 Å². The SMILES string of the molecule is CCNC(=NCc1nnc2ccccn12)NCC(C)(C)C(=O)NC.I. The van der Waals surface area contributed by atoms with Crippen LogP contribution in [-0.4, -0.2) is 46.6 Å². The van der Waals surface area contributed by atoms with Gasteiger partial charge in [-0.25, -0.2) is 4.99 Å². The van der Waals surface area contributed by atoms with Gasteiger partial charge in [0.1, 0.15) is 6.54 Å². The minimum atomic E-state index is -0.535. The molecule has 3 N–H and O–H groups in total. The first-order valence-corrected chi connectivity index (χ1v) is 8.01. The van der Waals surface area contributed by atoms with Crippen LogP contribution in [0.5, 0.6) is 0 Å². The predicted molar refractivity (Wildman–Crippen MR) is 109 cm³/mol. The van der Waals surface area contributed by atoms with E-state index in [2.05, 4.69) is 31.1 Å². The molecule has 9 heteroatoms. The number of carbonyl (C=O) groups is 1. The number of hydrogen-bond donors (Lipinski definition) is 3. The van der Waals surface area contributed by atoms with Crippen LogP contribution in [0.4, 0.5) is 0 Å². The van der Waals surface area contributed by atoms with E-state index >= 15 is 0 Å². The fourth-order valence-corrected chi connectivity index (χ4v) is 2.21. The maximum absolute atomic E-state index is 11.9. The molecule has 0 atom stereocenters. The van der Waals surface area contributed by atoms with Crippen molar-refractivity contribution in [3.05, 3.63) is 30.2 Å². The van der Waals surface area contributed by atoms with E-state index in [1.54, 1.807) is 7.05 Å². The number of rotatable bonds is 6. The molecule has 2 aromatic heterocycles. The number of hydrogen-bond acceptors (Lipinski definition) is 4. The highest BCUT2D eigenvalue weighted by Crippen LogP contribution is 2.13. The standard InChI is InChI=1S/C16H25N7O.HI/c1-5-18-15(20-11-16(2,3)14(24)17-4)19-10-13-22-21-12-8-6-7-9-23(12)13;/h6-9H,5,10-11H2,1-4H3,(H,17,24)(H2,18,19,20);1H. The van der Waals surface area contributed by atoms with Gasteiger partial charge >= 0.3 is 0 Å². The topological polar surface area (TPSA) is 95.7 Å². The van der Waals surface area contributed by atoms with Gasteiger partial charge in [0.25, 0.3) is 0 Å². The molecule has 1 amide bonds. The Morgan fingerprint density at radius 2 is 2.04 bits per heavy atom. The van der Waals surface area contributed by atoms with Crippen LogP contribution in [0.3, 0.4) is 0 Å². The van der Waals surface area contributed by atoms with Crippen LogP contribution in [0.25, 0.3) is 5.65 Å². The lowest BCUT2D eigenvalue weighted by Crippen LogP contribution is -2.47. The number of carbonyl (C=O) groups excluding carboxylic acids is 1. The van der Waals surface area contributed by atoms with E-state index in [-0.39, 0.29) is 29.9 Å². The Hall–Kier alpha value is -1.91. The van der Waals surface area contributed by atoms with E-state index < -0.39 is 5.41 Å². The maximum Gasteiger partial charge on any atom is 0.227 e. The minimum Gasteiger partial charge on any atom is -0.359 e. The van der Waals surface area contributed by atoms with Crippen LogP contribution in [0.15, 0.2) is 29.4 Å². The van der Waals surface area contributed by atoms with Gasteiger partial charge in [0.05, 0.1) is 5.41 Å². The molecule has 0 radical (unpaired) electrons. The quantitative estimate of drug-likeness (QED) is 0.343. The highest BCUT2D eigenvalue weighted by atomic mass is 127. The van der Waals surface area contributed by atoms with Crippen LogP contribution in [0, 0.1) is 5.41 Å². The van der Waals surface area contributed by atoms with Crippen molar-refractivity contribution in [2.24, 2.45) is 10.4 Å². The number of halogens is 1. The zero-order valence-electron chi connectivity index (χ0n) is 15.0. The minimum absolute atomic E-state index is 0. The molecule has 0 aliphatic heterocycles. The van der Waals surface area contributed by atoms with Gasteiger partial charge in [-0.2, -0.15) is 0 Å². The number of amides is 1. The molecular weight excluding hydrogens is 433 g/mol. The van der Waals surface area contributed by atoms with Crippen molar-refractivity contribution in [3.8, 4) is 0 Å². The highest BCUT2D eigenvalue weighted by molar-refractivity contribution is 14.0. The molecule has 138 valence electrons. The lowest BCUT2D eigenvalue weighted by Gasteiger charge is -2.24. The molecule has 0 bridgehead atoms. The van der Waals surface area contributed by atoms with E-state index in [4.69, 9.17) is 0 Å². The van der Waals surface area contributed by atoms with Crippen molar-refractivity contribution in [1.29, 1.82) is 0 Å². The summed E-state index contributed by atoms with van der Waals surface area (Å²) >= 11 is 0. The van der Waals surface area contributed by atoms with Crippen molar-refractivity contribution in [2.75, 3.05) is 20.1 Å². The second-order valence-corrected chi connectivity index (χ2v) is 6.06. The molecule has 0 aliphatic carbocycles. The lowest BCUT2D eigenvalue weighted by molar-refractivity contribution is -0.128. The molecule has 0 aliphatic rings. The Morgan fingerprint density at radius 3 is 2.72 bits per heavy atom. The molecule has 0 saturated heterocycles. The zero-order chi connectivity index (χ0) is 17.6. The molecule has 2 heterocycles. The van der Waals surface area contributed by atoms with Crippen LogP contribution in [0.2, 0.25) is 0 Å². The Bertz CT molecular complexity index is 726. The van der Waals surface area contributed by atoms with E-state index in [1.165, 1.54) is 0 Å². The monoisotopic (exact) mass is 459 g/mol.